The molecule has 120 valence electrons. The zero-order valence-corrected chi connectivity index (χ0v) is 13.4. The maximum absolute atomic E-state index is 12.0. The summed E-state index contributed by atoms with van der Waals surface area (Å²) in [6, 6.07) is 10.5. The summed E-state index contributed by atoms with van der Waals surface area (Å²) >= 11 is 0. The number of hydrogen-bond donors (Lipinski definition) is 1. The molecule has 1 aromatic carbocycles. The number of hydrogen-bond acceptors (Lipinski definition) is 2. The molecule has 0 aliphatic heterocycles. The molecule has 1 saturated carbocycles. The van der Waals surface area contributed by atoms with E-state index in [9.17, 15) is 9.59 Å². The van der Waals surface area contributed by atoms with Gasteiger partial charge in [0.1, 0.15) is 0 Å². The maximum Gasteiger partial charge on any atom is 0.239 e. The zero-order chi connectivity index (χ0) is 15.8. The van der Waals surface area contributed by atoms with Crippen molar-refractivity contribution in [3.05, 3.63) is 35.9 Å². The smallest absolute Gasteiger partial charge is 0.239 e. The third-order valence-corrected chi connectivity index (χ3v) is 4.24. The lowest BCUT2D eigenvalue weighted by molar-refractivity contribution is -0.134. The summed E-state index contributed by atoms with van der Waals surface area (Å²) in [5.41, 5.74) is 1.27. The van der Waals surface area contributed by atoms with Gasteiger partial charge in [-0.1, -0.05) is 43.2 Å². The third-order valence-electron chi connectivity index (χ3n) is 4.24. The quantitative estimate of drug-likeness (QED) is 0.841. The van der Waals surface area contributed by atoms with E-state index in [0.717, 1.165) is 25.7 Å². The van der Waals surface area contributed by atoms with Gasteiger partial charge in [0.25, 0.3) is 0 Å². The number of nitrogens with one attached hydrogen (secondary N) is 1. The predicted octanol–water partition coefficient (Wildman–Crippen LogP) is 2.53. The summed E-state index contributed by atoms with van der Waals surface area (Å²) in [5, 5.41) is 3.04. The van der Waals surface area contributed by atoms with Crippen LogP contribution in [0.3, 0.4) is 0 Å². The monoisotopic (exact) mass is 302 g/mol. The van der Waals surface area contributed by atoms with Crippen LogP contribution >= 0.6 is 0 Å². The van der Waals surface area contributed by atoms with E-state index in [1.807, 2.05) is 18.2 Å². The summed E-state index contributed by atoms with van der Waals surface area (Å²) in [7, 11) is 0. The second-order valence-corrected chi connectivity index (χ2v) is 6.08. The van der Waals surface area contributed by atoms with E-state index in [4.69, 9.17) is 0 Å². The van der Waals surface area contributed by atoms with Crippen molar-refractivity contribution in [3.8, 4) is 0 Å². The molecule has 1 N–H and O–H groups in total. The van der Waals surface area contributed by atoms with E-state index >= 15 is 0 Å². The molecule has 0 radical (unpaired) electrons. The van der Waals surface area contributed by atoms with Crippen molar-refractivity contribution in [1.29, 1.82) is 0 Å². The van der Waals surface area contributed by atoms with Gasteiger partial charge in [0.2, 0.25) is 11.8 Å². The average molecular weight is 302 g/mol. The molecule has 0 unspecified atom stereocenters. The Morgan fingerprint density at radius 2 is 1.86 bits per heavy atom. The molecule has 0 atom stereocenters. The average Bonchev–Trinajstić information content (AvgIpc) is 3.00. The number of rotatable bonds is 7. The van der Waals surface area contributed by atoms with E-state index in [0.29, 0.717) is 12.6 Å². The highest BCUT2D eigenvalue weighted by molar-refractivity contribution is 5.83. The maximum atomic E-state index is 12.0. The highest BCUT2D eigenvalue weighted by Crippen LogP contribution is 2.17. The van der Waals surface area contributed by atoms with Crippen LogP contribution in [0.4, 0.5) is 0 Å². The SMILES string of the molecule is CC(=O)N(CCCc1ccccc1)CC(=O)NC1CCCC1. The molecule has 0 saturated heterocycles. The molecule has 4 nitrogen and oxygen atoms in total. The molecule has 1 aliphatic carbocycles. The molecule has 1 fully saturated rings. The van der Waals surface area contributed by atoms with E-state index < -0.39 is 0 Å². The number of nitrogens with zero attached hydrogens (tertiary/aromatic N) is 1. The van der Waals surface area contributed by atoms with Crippen molar-refractivity contribution in [2.75, 3.05) is 13.1 Å². The first-order valence-electron chi connectivity index (χ1n) is 8.24. The van der Waals surface area contributed by atoms with Gasteiger partial charge in [0, 0.05) is 19.5 Å². The first-order chi connectivity index (χ1) is 10.6. The van der Waals surface area contributed by atoms with Crippen molar-refractivity contribution < 1.29 is 9.59 Å². The van der Waals surface area contributed by atoms with Crippen molar-refractivity contribution in [3.63, 3.8) is 0 Å². The van der Waals surface area contributed by atoms with Gasteiger partial charge in [-0.15, -0.1) is 0 Å². The Bertz CT molecular complexity index is 481. The van der Waals surface area contributed by atoms with Crippen molar-refractivity contribution >= 4 is 11.8 Å². The van der Waals surface area contributed by atoms with Crippen LogP contribution in [0.25, 0.3) is 0 Å². The first-order valence-corrected chi connectivity index (χ1v) is 8.24. The van der Waals surface area contributed by atoms with E-state index in [1.165, 1.54) is 25.3 Å². The number of carbonyl (C=O) groups excluding carboxylic acids is 2. The van der Waals surface area contributed by atoms with Gasteiger partial charge in [-0.25, -0.2) is 0 Å². The largest absolute Gasteiger partial charge is 0.352 e. The van der Waals surface area contributed by atoms with Crippen molar-refractivity contribution in [2.45, 2.75) is 51.5 Å². The number of amides is 2. The van der Waals surface area contributed by atoms with Gasteiger partial charge in [0.05, 0.1) is 6.54 Å². The predicted molar refractivity (Wildman–Crippen MR) is 87.4 cm³/mol. The molecule has 0 spiro atoms. The second kappa shape index (κ2) is 8.57. The molecule has 0 heterocycles. The van der Waals surface area contributed by atoms with E-state index in [1.54, 1.807) is 4.90 Å². The van der Waals surface area contributed by atoms with Crippen molar-refractivity contribution in [1.82, 2.24) is 10.2 Å². The Labute approximate surface area is 132 Å². The Balaban J connectivity index is 1.74. The highest BCUT2D eigenvalue weighted by atomic mass is 16.2. The van der Waals surface area contributed by atoms with Crippen LogP contribution in [0.15, 0.2) is 30.3 Å². The zero-order valence-electron chi connectivity index (χ0n) is 13.4. The number of carbonyl (C=O) groups is 2. The van der Waals surface area contributed by atoms with Gasteiger partial charge >= 0.3 is 0 Å². The lowest BCUT2D eigenvalue weighted by Crippen LogP contribution is -2.43. The topological polar surface area (TPSA) is 49.4 Å². The van der Waals surface area contributed by atoms with Gasteiger partial charge in [0.15, 0.2) is 0 Å². The van der Waals surface area contributed by atoms with Crippen LogP contribution in [-0.4, -0.2) is 35.8 Å². The van der Waals surface area contributed by atoms with Gasteiger partial charge in [-0.3, -0.25) is 9.59 Å². The fraction of sp³-hybridized carbons (Fsp3) is 0.556. The standard InChI is InChI=1S/C18H26N2O2/c1-15(21)20(13-7-10-16-8-3-2-4-9-16)14-18(22)19-17-11-5-6-12-17/h2-4,8-9,17H,5-7,10-14H2,1H3,(H,19,22). The Hall–Kier alpha value is -1.84. The summed E-state index contributed by atoms with van der Waals surface area (Å²) in [5.74, 6) is -0.0588. The summed E-state index contributed by atoms with van der Waals surface area (Å²) < 4.78 is 0. The summed E-state index contributed by atoms with van der Waals surface area (Å²) in [4.78, 5) is 25.4. The third kappa shape index (κ3) is 5.51. The molecule has 2 amide bonds. The Morgan fingerprint density at radius 1 is 1.18 bits per heavy atom. The fourth-order valence-corrected chi connectivity index (χ4v) is 2.98. The molecule has 1 aromatic rings. The van der Waals surface area contributed by atoms with Crippen molar-refractivity contribution in [2.24, 2.45) is 0 Å². The summed E-state index contributed by atoms with van der Waals surface area (Å²) in [6.45, 7) is 2.34. The van der Waals surface area contributed by atoms with Crippen LogP contribution in [-0.2, 0) is 16.0 Å². The van der Waals surface area contributed by atoms with E-state index in [-0.39, 0.29) is 18.4 Å². The Morgan fingerprint density at radius 3 is 2.50 bits per heavy atom. The van der Waals surface area contributed by atoms with Crippen LogP contribution in [0.1, 0.15) is 44.6 Å². The first kappa shape index (κ1) is 16.5. The molecule has 0 bridgehead atoms. The molecular weight excluding hydrogens is 276 g/mol. The lowest BCUT2D eigenvalue weighted by atomic mass is 10.1. The Kier molecular flexibility index (Phi) is 6.44. The van der Waals surface area contributed by atoms with Crippen LogP contribution in [0.2, 0.25) is 0 Å². The fourth-order valence-electron chi connectivity index (χ4n) is 2.98. The molecule has 22 heavy (non-hydrogen) atoms. The van der Waals surface area contributed by atoms with Gasteiger partial charge in [-0.2, -0.15) is 0 Å². The van der Waals surface area contributed by atoms with Gasteiger partial charge < -0.3 is 10.2 Å². The molecular formula is C18H26N2O2. The minimum Gasteiger partial charge on any atom is -0.352 e. The number of benzene rings is 1. The minimum atomic E-state index is -0.0327. The summed E-state index contributed by atoms with van der Waals surface area (Å²) in [6.07, 6.45) is 6.33. The van der Waals surface area contributed by atoms with Crippen LogP contribution in [0.5, 0.6) is 0 Å². The molecule has 4 heteroatoms. The second-order valence-electron chi connectivity index (χ2n) is 6.08. The lowest BCUT2D eigenvalue weighted by Gasteiger charge is -2.22. The van der Waals surface area contributed by atoms with Gasteiger partial charge in [-0.05, 0) is 31.2 Å². The van der Waals surface area contributed by atoms with Crippen LogP contribution < -0.4 is 5.32 Å². The molecule has 2 rings (SSSR count). The highest BCUT2D eigenvalue weighted by Gasteiger charge is 2.19. The van der Waals surface area contributed by atoms with E-state index in [2.05, 4.69) is 17.4 Å². The minimum absolute atomic E-state index is 0.0261. The number of aryl methyl sites for hydroxylation is 1. The molecule has 1 aliphatic rings. The molecule has 0 aromatic heterocycles. The van der Waals surface area contributed by atoms with Crippen LogP contribution in [0, 0.1) is 0 Å². The normalized spacial score (nSPS) is 14.8.